The second-order valence-corrected chi connectivity index (χ2v) is 8.02. The number of esters is 1. The molecule has 0 fully saturated rings. The molecule has 0 saturated heterocycles. The number of hydrogen-bond acceptors (Lipinski definition) is 6. The Bertz CT molecular complexity index is 781. The van der Waals surface area contributed by atoms with Crippen molar-refractivity contribution in [2.45, 2.75) is 33.7 Å². The monoisotopic (exact) mass is 394 g/mol. The van der Waals surface area contributed by atoms with Gasteiger partial charge < -0.3 is 15.4 Å². The quantitative estimate of drug-likeness (QED) is 0.701. The minimum absolute atomic E-state index is 0.0148. The van der Waals surface area contributed by atoms with Gasteiger partial charge in [0, 0.05) is 28.8 Å². The fraction of sp³-hybridized carbons (Fsp3) is 0.389. The first kappa shape index (κ1) is 20.1. The van der Waals surface area contributed by atoms with E-state index in [1.165, 1.54) is 29.6 Å². The number of thiophene rings is 2. The summed E-state index contributed by atoms with van der Waals surface area (Å²) in [6.07, 6.45) is 0. The molecule has 26 heavy (non-hydrogen) atoms. The summed E-state index contributed by atoms with van der Waals surface area (Å²) in [5.74, 6) is -0.982. The molecule has 1 atom stereocenters. The molecular weight excluding hydrogens is 372 g/mol. The molecule has 2 amide bonds. The fourth-order valence-corrected chi connectivity index (χ4v) is 3.91. The van der Waals surface area contributed by atoms with Crippen LogP contribution in [0.4, 0.5) is 5.00 Å². The van der Waals surface area contributed by atoms with E-state index in [-0.39, 0.29) is 35.9 Å². The first-order chi connectivity index (χ1) is 12.3. The van der Waals surface area contributed by atoms with E-state index in [0.717, 1.165) is 4.88 Å². The third-order valence-corrected chi connectivity index (χ3v) is 5.59. The lowest BCUT2D eigenvalue weighted by Crippen LogP contribution is -2.38. The Kier molecular flexibility index (Phi) is 6.93. The molecule has 0 aliphatic rings. The van der Waals surface area contributed by atoms with Gasteiger partial charge in [-0.1, -0.05) is 19.9 Å². The SMILES string of the molecule is CC(=O)Nc1scc(-c2cccs2)c1C(=O)OCC(=O)N[C@H](C)C(C)C. The van der Waals surface area contributed by atoms with Crippen molar-refractivity contribution in [2.75, 3.05) is 11.9 Å². The van der Waals surface area contributed by atoms with E-state index in [1.807, 2.05) is 38.3 Å². The predicted octanol–water partition coefficient (Wildman–Crippen LogP) is 3.75. The van der Waals surface area contributed by atoms with Gasteiger partial charge in [-0.3, -0.25) is 9.59 Å². The zero-order chi connectivity index (χ0) is 19.3. The summed E-state index contributed by atoms with van der Waals surface area (Å²) in [7, 11) is 0. The number of ether oxygens (including phenoxy) is 1. The van der Waals surface area contributed by atoms with E-state index in [9.17, 15) is 14.4 Å². The molecule has 0 unspecified atom stereocenters. The van der Waals surface area contributed by atoms with Crippen molar-refractivity contribution in [3.05, 3.63) is 28.5 Å². The van der Waals surface area contributed by atoms with Crippen LogP contribution in [0.25, 0.3) is 10.4 Å². The number of nitrogens with one attached hydrogen (secondary N) is 2. The molecule has 8 heteroatoms. The topological polar surface area (TPSA) is 84.5 Å². The third kappa shape index (κ3) is 5.15. The van der Waals surface area contributed by atoms with Crippen molar-refractivity contribution in [3.63, 3.8) is 0 Å². The highest BCUT2D eigenvalue weighted by atomic mass is 32.1. The minimum atomic E-state index is -0.634. The number of hydrogen-bond donors (Lipinski definition) is 2. The van der Waals surface area contributed by atoms with E-state index < -0.39 is 5.97 Å². The van der Waals surface area contributed by atoms with E-state index in [0.29, 0.717) is 10.6 Å². The van der Waals surface area contributed by atoms with Crippen LogP contribution < -0.4 is 10.6 Å². The second kappa shape index (κ2) is 8.95. The number of carbonyl (C=O) groups excluding carboxylic acids is 3. The molecule has 0 saturated carbocycles. The number of anilines is 1. The van der Waals surface area contributed by atoms with Crippen molar-refractivity contribution >= 4 is 45.5 Å². The van der Waals surface area contributed by atoms with E-state index in [4.69, 9.17) is 4.74 Å². The summed E-state index contributed by atoms with van der Waals surface area (Å²) in [5, 5.41) is 9.56. The van der Waals surface area contributed by atoms with Crippen molar-refractivity contribution < 1.29 is 19.1 Å². The van der Waals surface area contributed by atoms with E-state index in [2.05, 4.69) is 10.6 Å². The van der Waals surface area contributed by atoms with Crippen LogP contribution in [-0.4, -0.2) is 30.4 Å². The highest BCUT2D eigenvalue weighted by Crippen LogP contribution is 2.38. The standard InChI is InChI=1S/C18H22N2O4S2/c1-10(2)11(3)19-15(22)8-24-18(23)16-13(14-6-5-7-25-14)9-26-17(16)20-12(4)21/h5-7,9-11H,8H2,1-4H3,(H,19,22)(H,20,21)/t11-/m1/s1. The largest absolute Gasteiger partial charge is 0.452 e. The maximum absolute atomic E-state index is 12.6. The number of amides is 2. The molecule has 2 N–H and O–H groups in total. The molecule has 2 rings (SSSR count). The average molecular weight is 395 g/mol. The van der Waals surface area contributed by atoms with Crippen molar-refractivity contribution in [1.29, 1.82) is 0 Å². The number of rotatable bonds is 7. The van der Waals surface area contributed by atoms with Gasteiger partial charge in [-0.15, -0.1) is 22.7 Å². The number of carbonyl (C=O) groups is 3. The predicted molar refractivity (Wildman–Crippen MR) is 105 cm³/mol. The Hall–Kier alpha value is -2.19. The molecule has 2 heterocycles. The molecule has 0 aliphatic carbocycles. The summed E-state index contributed by atoms with van der Waals surface area (Å²) in [6.45, 7) is 6.90. The summed E-state index contributed by atoms with van der Waals surface area (Å²) >= 11 is 2.74. The van der Waals surface area contributed by atoms with Crippen LogP contribution in [0.5, 0.6) is 0 Å². The van der Waals surface area contributed by atoms with Crippen molar-refractivity contribution in [3.8, 4) is 10.4 Å². The Morgan fingerprint density at radius 3 is 2.50 bits per heavy atom. The summed E-state index contributed by atoms with van der Waals surface area (Å²) < 4.78 is 5.20. The van der Waals surface area contributed by atoms with E-state index in [1.54, 1.807) is 5.38 Å². The van der Waals surface area contributed by atoms with Gasteiger partial charge in [0.2, 0.25) is 5.91 Å². The molecule has 0 radical (unpaired) electrons. The van der Waals surface area contributed by atoms with Crippen LogP contribution in [-0.2, 0) is 14.3 Å². The van der Waals surface area contributed by atoms with Gasteiger partial charge in [-0.05, 0) is 24.3 Å². The van der Waals surface area contributed by atoms with Crippen LogP contribution in [0.15, 0.2) is 22.9 Å². The molecule has 2 aromatic rings. The molecule has 2 aromatic heterocycles. The Balaban J connectivity index is 2.15. The Labute approximate surface area is 160 Å². The van der Waals surface area contributed by atoms with Crippen molar-refractivity contribution in [1.82, 2.24) is 5.32 Å². The maximum Gasteiger partial charge on any atom is 0.342 e. The first-order valence-corrected chi connectivity index (χ1v) is 9.95. The van der Waals surface area contributed by atoms with Gasteiger partial charge in [0.1, 0.15) is 10.6 Å². The second-order valence-electron chi connectivity index (χ2n) is 6.19. The van der Waals surface area contributed by atoms with Crippen LogP contribution in [0, 0.1) is 5.92 Å². The normalized spacial score (nSPS) is 11.9. The average Bonchev–Trinajstić information content (AvgIpc) is 3.21. The van der Waals surface area contributed by atoms with Crippen molar-refractivity contribution in [2.24, 2.45) is 5.92 Å². The van der Waals surface area contributed by atoms with Crippen LogP contribution in [0.2, 0.25) is 0 Å². The molecular formula is C18H22N2O4S2. The molecule has 0 aliphatic heterocycles. The summed E-state index contributed by atoms with van der Waals surface area (Å²) in [5.41, 5.74) is 0.965. The van der Waals surface area contributed by atoms with Crippen LogP contribution in [0.1, 0.15) is 38.1 Å². The van der Waals surface area contributed by atoms with Gasteiger partial charge >= 0.3 is 5.97 Å². The summed E-state index contributed by atoms with van der Waals surface area (Å²) in [4.78, 5) is 36.9. The van der Waals surface area contributed by atoms with E-state index >= 15 is 0 Å². The molecule has 0 spiro atoms. The molecule has 6 nitrogen and oxygen atoms in total. The van der Waals surface area contributed by atoms with Gasteiger partial charge in [0.15, 0.2) is 6.61 Å². The highest BCUT2D eigenvalue weighted by molar-refractivity contribution is 7.17. The minimum Gasteiger partial charge on any atom is -0.452 e. The molecule has 0 bridgehead atoms. The zero-order valence-corrected chi connectivity index (χ0v) is 16.8. The smallest absolute Gasteiger partial charge is 0.342 e. The lowest BCUT2D eigenvalue weighted by atomic mass is 10.1. The highest BCUT2D eigenvalue weighted by Gasteiger charge is 2.24. The first-order valence-electron chi connectivity index (χ1n) is 8.19. The van der Waals surface area contributed by atoms with Gasteiger partial charge in [0.05, 0.1) is 0 Å². The zero-order valence-electron chi connectivity index (χ0n) is 15.1. The van der Waals surface area contributed by atoms with Gasteiger partial charge in [-0.2, -0.15) is 0 Å². The third-order valence-electron chi connectivity index (χ3n) is 3.79. The lowest BCUT2D eigenvalue weighted by Gasteiger charge is -2.17. The lowest BCUT2D eigenvalue weighted by molar-refractivity contribution is -0.125. The van der Waals surface area contributed by atoms with Crippen LogP contribution in [0.3, 0.4) is 0 Å². The Morgan fingerprint density at radius 2 is 1.92 bits per heavy atom. The van der Waals surface area contributed by atoms with Crippen LogP contribution >= 0.6 is 22.7 Å². The van der Waals surface area contributed by atoms with Gasteiger partial charge in [-0.25, -0.2) is 4.79 Å². The molecule has 140 valence electrons. The Morgan fingerprint density at radius 1 is 1.19 bits per heavy atom. The van der Waals surface area contributed by atoms with Gasteiger partial charge in [0.25, 0.3) is 5.91 Å². The molecule has 0 aromatic carbocycles. The summed E-state index contributed by atoms with van der Waals surface area (Å²) in [6, 6.07) is 3.75. The fourth-order valence-electron chi connectivity index (χ4n) is 2.09. The maximum atomic E-state index is 12.6.